The average molecular weight is 795 g/mol. The van der Waals surface area contributed by atoms with Gasteiger partial charge in [-0.25, -0.2) is 4.79 Å². The minimum atomic E-state index is -1.30. The van der Waals surface area contributed by atoms with E-state index < -0.39 is 71.7 Å². The molecule has 0 radical (unpaired) electrons. The van der Waals surface area contributed by atoms with Gasteiger partial charge in [0, 0.05) is 31.5 Å². The van der Waals surface area contributed by atoms with Crippen LogP contribution in [0.25, 0.3) is 0 Å². The van der Waals surface area contributed by atoms with Crippen molar-refractivity contribution in [1.29, 1.82) is 0 Å². The second-order valence-corrected chi connectivity index (χ2v) is 17.4. The molecule has 13 atom stereocenters. The zero-order chi connectivity index (χ0) is 41.8. The molecule has 5 rings (SSSR count). The highest BCUT2D eigenvalue weighted by atomic mass is 16.7. The maximum absolute atomic E-state index is 14.7. The third-order valence-corrected chi connectivity index (χ3v) is 12.7. The van der Waals surface area contributed by atoms with Crippen LogP contribution in [0, 0.1) is 23.7 Å². The number of rotatable bonds is 10. The first-order valence-corrected chi connectivity index (χ1v) is 20.7. The molecule has 2 aromatic carbocycles. The van der Waals surface area contributed by atoms with E-state index in [0.717, 1.165) is 11.3 Å². The predicted molar refractivity (Wildman–Crippen MR) is 216 cm³/mol. The standard InChI is InChI=1S/C45H66N2O10/c1-12-36-45(8)39(47(43(51)57-45)23-22-32-18-20-34(21-19-32)54-33-16-14-13-15-17-33)31(6)37(48)29(4)26-44(7,52-11)40(27(2)24-28(3)41(50)55-36)56-42-38(49)35(46(9)10)25-30(5)53-42/h13-21,27-31,35-36,38-40,42,49H,12,22-26H2,1-11H3/t27-,28+,29+,30+,31-,35-,36+,38+,39+,40+,42-,44+,45+/m0/s1. The number of ketones is 1. The molecule has 0 aromatic heterocycles. The Kier molecular flexibility index (Phi) is 14.5. The number of aliphatic hydroxyl groups excluding tert-OH is 1. The highest BCUT2D eigenvalue weighted by Gasteiger charge is 2.60. The topological polar surface area (TPSA) is 133 Å². The summed E-state index contributed by atoms with van der Waals surface area (Å²) in [6.07, 6.45) is -1.94. The van der Waals surface area contributed by atoms with Gasteiger partial charge in [0.25, 0.3) is 0 Å². The fourth-order valence-corrected chi connectivity index (χ4v) is 9.53. The smallest absolute Gasteiger partial charge is 0.410 e. The average Bonchev–Trinajstić information content (AvgIpc) is 3.44. The number of ether oxygens (including phenoxy) is 6. The summed E-state index contributed by atoms with van der Waals surface area (Å²) in [6.45, 7) is 15.4. The number of amides is 1. The van der Waals surface area contributed by atoms with Crippen LogP contribution in [0.3, 0.4) is 0 Å². The van der Waals surface area contributed by atoms with Crippen LogP contribution in [0.15, 0.2) is 54.6 Å². The molecule has 0 bridgehead atoms. The molecule has 316 valence electrons. The van der Waals surface area contributed by atoms with Crippen molar-refractivity contribution >= 4 is 17.8 Å². The molecule has 0 aliphatic carbocycles. The second kappa shape index (κ2) is 18.6. The number of cyclic esters (lactones) is 1. The number of likely N-dealkylation sites (N-methyl/N-ethyl adjacent to an activating group) is 1. The molecule has 0 spiro atoms. The summed E-state index contributed by atoms with van der Waals surface area (Å²) in [5, 5.41) is 11.5. The Morgan fingerprint density at radius 1 is 0.912 bits per heavy atom. The van der Waals surface area contributed by atoms with Crippen LogP contribution in [-0.2, 0) is 39.7 Å². The summed E-state index contributed by atoms with van der Waals surface area (Å²) in [5.74, 6) is -1.15. The molecule has 0 unspecified atom stereocenters. The maximum Gasteiger partial charge on any atom is 0.410 e. The lowest BCUT2D eigenvalue weighted by atomic mass is 9.73. The summed E-state index contributed by atoms with van der Waals surface area (Å²) >= 11 is 0. The van der Waals surface area contributed by atoms with Gasteiger partial charge in [0.1, 0.15) is 29.5 Å². The number of methoxy groups -OCH3 is 1. The molecule has 3 saturated heterocycles. The Labute approximate surface area is 339 Å². The van der Waals surface area contributed by atoms with Gasteiger partial charge < -0.3 is 38.4 Å². The molecule has 3 heterocycles. The molecular weight excluding hydrogens is 728 g/mol. The summed E-state index contributed by atoms with van der Waals surface area (Å²) in [4.78, 5) is 46.3. The zero-order valence-corrected chi connectivity index (χ0v) is 35.8. The zero-order valence-electron chi connectivity index (χ0n) is 35.8. The van der Waals surface area contributed by atoms with Crippen LogP contribution < -0.4 is 4.74 Å². The lowest BCUT2D eigenvalue weighted by Gasteiger charge is -2.47. The van der Waals surface area contributed by atoms with Gasteiger partial charge in [-0.15, -0.1) is 0 Å². The first kappa shape index (κ1) is 44.6. The Morgan fingerprint density at radius 3 is 2.18 bits per heavy atom. The Bertz CT molecular complexity index is 1660. The molecule has 3 fully saturated rings. The summed E-state index contributed by atoms with van der Waals surface area (Å²) in [7, 11) is 5.45. The fourth-order valence-electron chi connectivity index (χ4n) is 9.53. The lowest BCUT2D eigenvalue weighted by Crippen LogP contribution is -2.59. The van der Waals surface area contributed by atoms with Gasteiger partial charge >= 0.3 is 12.1 Å². The SMILES string of the molecule is CC[C@H]1OC(=O)[C@H](C)C[C@H](C)[C@@H](O[C@@H]2O[C@H](C)C[C@H](N(C)C)[C@H]2O)[C@](C)(OC)C[C@@H](C)C(=O)[C@H](C)[C@H]2N(CCc3ccc(Oc4ccccc4)cc3)C(=O)O[C@]12C. The van der Waals surface area contributed by atoms with E-state index in [9.17, 15) is 19.5 Å². The largest absolute Gasteiger partial charge is 0.458 e. The number of fused-ring (bicyclic) bond motifs is 1. The van der Waals surface area contributed by atoms with E-state index in [1.165, 1.54) is 0 Å². The molecule has 1 N–H and O–H groups in total. The van der Waals surface area contributed by atoms with Crippen molar-refractivity contribution in [2.75, 3.05) is 27.7 Å². The number of esters is 1. The van der Waals surface area contributed by atoms with Crippen molar-refractivity contribution in [1.82, 2.24) is 9.80 Å². The third-order valence-electron chi connectivity index (χ3n) is 12.7. The number of aliphatic hydroxyl groups is 1. The number of carbonyl (C=O) groups is 3. The van der Waals surface area contributed by atoms with Crippen LogP contribution in [0.2, 0.25) is 0 Å². The van der Waals surface area contributed by atoms with Gasteiger partial charge in [-0.2, -0.15) is 0 Å². The Balaban J connectivity index is 1.44. The number of hydrogen-bond acceptors (Lipinski definition) is 11. The molecule has 57 heavy (non-hydrogen) atoms. The van der Waals surface area contributed by atoms with E-state index in [1.807, 2.05) is 122 Å². The van der Waals surface area contributed by atoms with Crippen molar-refractivity contribution in [3.63, 3.8) is 0 Å². The van der Waals surface area contributed by atoms with Crippen LogP contribution in [0.4, 0.5) is 4.79 Å². The molecule has 1 amide bonds. The van der Waals surface area contributed by atoms with Crippen LogP contribution in [0.1, 0.15) is 86.6 Å². The summed E-state index contributed by atoms with van der Waals surface area (Å²) in [5.41, 5.74) is -1.36. The summed E-state index contributed by atoms with van der Waals surface area (Å²) in [6, 6.07) is 16.3. The molecule has 0 saturated carbocycles. The van der Waals surface area contributed by atoms with E-state index in [1.54, 1.807) is 18.9 Å². The van der Waals surface area contributed by atoms with Gasteiger partial charge in [0.05, 0.1) is 29.8 Å². The Hall–Kier alpha value is -3.55. The highest BCUT2D eigenvalue weighted by Crippen LogP contribution is 2.43. The highest BCUT2D eigenvalue weighted by molar-refractivity contribution is 5.85. The summed E-state index contributed by atoms with van der Waals surface area (Å²) < 4.78 is 37.7. The van der Waals surface area contributed by atoms with Crippen LogP contribution >= 0.6 is 0 Å². The first-order valence-electron chi connectivity index (χ1n) is 20.7. The van der Waals surface area contributed by atoms with Crippen LogP contribution in [-0.4, -0.2) is 114 Å². The van der Waals surface area contributed by atoms with Gasteiger partial charge in [0.15, 0.2) is 11.9 Å². The maximum atomic E-state index is 14.7. The predicted octanol–water partition coefficient (Wildman–Crippen LogP) is 7.05. The monoisotopic (exact) mass is 794 g/mol. The number of para-hydroxylation sites is 1. The molecule has 3 aliphatic heterocycles. The van der Waals surface area contributed by atoms with E-state index >= 15 is 0 Å². The quantitative estimate of drug-likeness (QED) is 0.248. The van der Waals surface area contributed by atoms with E-state index in [0.29, 0.717) is 31.4 Å². The normalized spacial score (nSPS) is 37.0. The van der Waals surface area contributed by atoms with Crippen molar-refractivity contribution in [2.45, 2.75) is 141 Å². The number of nitrogens with zero attached hydrogens (tertiary/aromatic N) is 2. The Morgan fingerprint density at radius 2 is 1.56 bits per heavy atom. The third kappa shape index (κ3) is 9.84. The van der Waals surface area contributed by atoms with Crippen molar-refractivity contribution in [3.8, 4) is 11.5 Å². The van der Waals surface area contributed by atoms with E-state index in [2.05, 4.69) is 0 Å². The minimum absolute atomic E-state index is 0.0755. The van der Waals surface area contributed by atoms with E-state index in [4.69, 9.17) is 28.4 Å². The van der Waals surface area contributed by atoms with Gasteiger partial charge in [-0.3, -0.25) is 14.5 Å². The number of carbonyl (C=O) groups excluding carboxylic acids is 3. The van der Waals surface area contributed by atoms with Crippen molar-refractivity contribution < 1.29 is 47.9 Å². The van der Waals surface area contributed by atoms with Gasteiger partial charge in [-0.1, -0.05) is 65.0 Å². The van der Waals surface area contributed by atoms with E-state index in [-0.39, 0.29) is 36.8 Å². The minimum Gasteiger partial charge on any atom is -0.458 e. The van der Waals surface area contributed by atoms with Crippen LogP contribution in [0.5, 0.6) is 11.5 Å². The van der Waals surface area contributed by atoms with Crippen molar-refractivity contribution in [3.05, 3.63) is 60.2 Å². The molecule has 12 nitrogen and oxygen atoms in total. The molecular formula is C45H66N2O10. The number of benzene rings is 2. The lowest BCUT2D eigenvalue weighted by molar-refractivity contribution is -0.297. The van der Waals surface area contributed by atoms with Gasteiger partial charge in [-0.05, 0) is 103 Å². The second-order valence-electron chi connectivity index (χ2n) is 17.4. The fraction of sp³-hybridized carbons (Fsp3) is 0.667. The molecule has 2 aromatic rings. The number of Topliss-reactive ketones (excluding diaryl/α,β-unsaturated/α-hetero) is 1. The first-order chi connectivity index (χ1) is 26.9. The van der Waals surface area contributed by atoms with Crippen molar-refractivity contribution in [2.24, 2.45) is 23.7 Å². The number of hydrogen-bond donors (Lipinski definition) is 1. The molecule has 3 aliphatic rings. The molecule has 12 heteroatoms. The van der Waals surface area contributed by atoms with Gasteiger partial charge in [0.2, 0.25) is 0 Å².